The highest BCUT2D eigenvalue weighted by atomic mass is 79.9. The third-order valence-corrected chi connectivity index (χ3v) is 12.2. The minimum Gasteiger partial charge on any atom is -0.465 e. The van der Waals surface area contributed by atoms with Crippen LogP contribution in [0.5, 0.6) is 0 Å². The van der Waals surface area contributed by atoms with Crippen molar-refractivity contribution in [2.45, 2.75) is 57.2 Å². The molecule has 0 bridgehead atoms. The van der Waals surface area contributed by atoms with Gasteiger partial charge in [0, 0.05) is 4.45 Å². The summed E-state index contributed by atoms with van der Waals surface area (Å²) in [5.74, 6) is -0.358. The molecular weight excluding hydrogens is 364 g/mol. The minimum absolute atomic E-state index is 0.0734. The Bertz CT molecular complexity index is 455. The fourth-order valence-electron chi connectivity index (χ4n) is 4.14. The predicted octanol–water partition coefficient (Wildman–Crippen LogP) is 3.54. The van der Waals surface area contributed by atoms with Crippen LogP contribution >= 0.6 is 15.9 Å². The standard InChI is InChI=1S/C16H27BrO4Si/c1-6-20-13(18)16(14(19)21-7-2)9-11-8-15(11,10-16)12(17)22(3,4)5/h11-12H,6-10H2,1-5H3/t11-,12+,15-/m0/s1. The van der Waals surface area contributed by atoms with Crippen LogP contribution in [0.25, 0.3) is 0 Å². The molecule has 2 aliphatic rings. The van der Waals surface area contributed by atoms with Crippen LogP contribution in [0.3, 0.4) is 0 Å². The SMILES string of the molecule is CCOC(=O)C1(C(=O)OCC)C[C@@H]2C[C@]2([C@H](Br)[Si](C)(C)C)C1. The molecule has 2 aliphatic carbocycles. The fourth-order valence-corrected chi connectivity index (χ4v) is 7.04. The van der Waals surface area contributed by atoms with E-state index >= 15 is 0 Å². The van der Waals surface area contributed by atoms with Gasteiger partial charge in [-0.05, 0) is 44.4 Å². The van der Waals surface area contributed by atoms with E-state index in [2.05, 4.69) is 35.6 Å². The highest BCUT2D eigenvalue weighted by Crippen LogP contribution is 2.73. The van der Waals surface area contributed by atoms with Crippen LogP contribution in [0.2, 0.25) is 19.6 Å². The largest absolute Gasteiger partial charge is 0.465 e. The number of carbonyl (C=O) groups excluding carboxylic acids is 2. The lowest BCUT2D eigenvalue weighted by molar-refractivity contribution is -0.172. The van der Waals surface area contributed by atoms with Crippen LogP contribution in [0.4, 0.5) is 0 Å². The Kier molecular flexibility index (Phi) is 4.85. The summed E-state index contributed by atoms with van der Waals surface area (Å²) in [6, 6.07) is 0. The summed E-state index contributed by atoms with van der Waals surface area (Å²) in [6.07, 6.45) is 2.26. The second kappa shape index (κ2) is 5.93. The molecule has 3 atom stereocenters. The predicted molar refractivity (Wildman–Crippen MR) is 91.5 cm³/mol. The van der Waals surface area contributed by atoms with Crippen LogP contribution in [-0.2, 0) is 19.1 Å². The Morgan fingerprint density at radius 1 is 1.14 bits per heavy atom. The molecule has 0 saturated heterocycles. The van der Waals surface area contributed by atoms with Gasteiger partial charge in [0.1, 0.15) is 0 Å². The Hall–Kier alpha value is -0.363. The zero-order valence-electron chi connectivity index (χ0n) is 14.2. The summed E-state index contributed by atoms with van der Waals surface area (Å²) in [7, 11) is -1.41. The monoisotopic (exact) mass is 390 g/mol. The van der Waals surface area contributed by atoms with Crippen molar-refractivity contribution in [3.8, 4) is 0 Å². The highest BCUT2D eigenvalue weighted by molar-refractivity contribution is 9.10. The van der Waals surface area contributed by atoms with Crippen molar-refractivity contribution in [3.05, 3.63) is 0 Å². The molecule has 0 amide bonds. The van der Waals surface area contributed by atoms with Crippen molar-refractivity contribution >= 4 is 35.9 Å². The van der Waals surface area contributed by atoms with Crippen molar-refractivity contribution < 1.29 is 19.1 Å². The summed E-state index contributed by atoms with van der Waals surface area (Å²) in [6.45, 7) is 11.1. The van der Waals surface area contributed by atoms with E-state index in [-0.39, 0.29) is 5.41 Å². The summed E-state index contributed by atoms with van der Waals surface area (Å²) in [5, 5.41) is 0. The Morgan fingerprint density at radius 3 is 2.05 bits per heavy atom. The van der Waals surface area contributed by atoms with Gasteiger partial charge in [0.2, 0.25) is 0 Å². The molecule has 0 aliphatic heterocycles. The Morgan fingerprint density at radius 2 is 1.64 bits per heavy atom. The van der Waals surface area contributed by atoms with E-state index in [0.717, 1.165) is 6.42 Å². The van der Waals surface area contributed by atoms with Crippen molar-refractivity contribution in [2.75, 3.05) is 13.2 Å². The zero-order chi connectivity index (χ0) is 16.8. The van der Waals surface area contributed by atoms with Gasteiger partial charge in [0.05, 0.1) is 21.3 Å². The van der Waals surface area contributed by atoms with Crippen molar-refractivity contribution in [1.29, 1.82) is 0 Å². The number of alkyl halides is 1. The van der Waals surface area contributed by atoms with E-state index in [0.29, 0.717) is 36.4 Å². The first-order valence-corrected chi connectivity index (χ1v) is 12.6. The molecule has 4 nitrogen and oxygen atoms in total. The number of halogens is 1. The molecule has 126 valence electrons. The second-order valence-electron chi connectivity index (χ2n) is 7.77. The van der Waals surface area contributed by atoms with Crippen LogP contribution < -0.4 is 0 Å². The van der Waals surface area contributed by atoms with E-state index in [4.69, 9.17) is 9.47 Å². The second-order valence-corrected chi connectivity index (χ2v) is 14.8. The molecule has 0 unspecified atom stereocenters. The van der Waals surface area contributed by atoms with E-state index in [1.807, 2.05) is 0 Å². The zero-order valence-corrected chi connectivity index (χ0v) is 16.8. The van der Waals surface area contributed by atoms with Crippen LogP contribution in [0.15, 0.2) is 0 Å². The maximum atomic E-state index is 12.5. The summed E-state index contributed by atoms with van der Waals surface area (Å²) in [5.41, 5.74) is -1.01. The lowest BCUT2D eigenvalue weighted by Crippen LogP contribution is -2.45. The van der Waals surface area contributed by atoms with Gasteiger partial charge in [-0.25, -0.2) is 0 Å². The first-order valence-electron chi connectivity index (χ1n) is 8.12. The fraction of sp³-hybridized carbons (Fsp3) is 0.875. The van der Waals surface area contributed by atoms with Gasteiger partial charge in [-0.15, -0.1) is 0 Å². The first kappa shape index (κ1) is 18.0. The number of carbonyl (C=O) groups is 2. The molecule has 0 heterocycles. The molecule has 0 radical (unpaired) electrons. The van der Waals surface area contributed by atoms with Crippen molar-refractivity contribution in [3.63, 3.8) is 0 Å². The average Bonchev–Trinajstić information content (AvgIpc) is 3.00. The molecule has 2 saturated carbocycles. The lowest BCUT2D eigenvalue weighted by atomic mass is 9.81. The molecule has 0 N–H and O–H groups in total. The highest BCUT2D eigenvalue weighted by Gasteiger charge is 2.74. The molecule has 0 aromatic heterocycles. The third kappa shape index (κ3) is 2.77. The van der Waals surface area contributed by atoms with Gasteiger partial charge in [0.15, 0.2) is 5.41 Å². The van der Waals surface area contributed by atoms with E-state index in [1.165, 1.54) is 0 Å². The number of hydrogen-bond acceptors (Lipinski definition) is 4. The van der Waals surface area contributed by atoms with Gasteiger partial charge in [-0.3, -0.25) is 9.59 Å². The van der Waals surface area contributed by atoms with E-state index < -0.39 is 25.4 Å². The van der Waals surface area contributed by atoms with E-state index in [1.54, 1.807) is 13.8 Å². The average molecular weight is 391 g/mol. The maximum Gasteiger partial charge on any atom is 0.323 e. The topological polar surface area (TPSA) is 52.6 Å². The molecule has 2 fully saturated rings. The molecule has 0 aromatic carbocycles. The van der Waals surface area contributed by atoms with Crippen LogP contribution in [0, 0.1) is 16.7 Å². The normalized spacial score (nSPS) is 30.4. The quantitative estimate of drug-likeness (QED) is 0.301. The van der Waals surface area contributed by atoms with Gasteiger partial charge in [0.25, 0.3) is 0 Å². The Balaban J connectivity index is 2.28. The molecular formula is C16H27BrO4Si. The number of ether oxygens (including phenoxy) is 2. The van der Waals surface area contributed by atoms with Crippen molar-refractivity contribution in [1.82, 2.24) is 0 Å². The van der Waals surface area contributed by atoms with Gasteiger partial charge in [-0.1, -0.05) is 35.6 Å². The third-order valence-electron chi connectivity index (χ3n) is 5.10. The molecule has 6 heteroatoms. The smallest absolute Gasteiger partial charge is 0.323 e. The summed E-state index contributed by atoms with van der Waals surface area (Å²) >= 11 is 3.91. The maximum absolute atomic E-state index is 12.5. The number of esters is 2. The van der Waals surface area contributed by atoms with Gasteiger partial charge >= 0.3 is 11.9 Å². The number of hydrogen-bond donors (Lipinski definition) is 0. The van der Waals surface area contributed by atoms with Crippen LogP contribution in [0.1, 0.15) is 33.1 Å². The van der Waals surface area contributed by atoms with Gasteiger partial charge in [-0.2, -0.15) is 0 Å². The van der Waals surface area contributed by atoms with Crippen molar-refractivity contribution in [2.24, 2.45) is 16.7 Å². The molecule has 0 aromatic rings. The number of rotatable bonds is 6. The Labute approximate surface area is 142 Å². The summed E-state index contributed by atoms with van der Waals surface area (Å²) in [4.78, 5) is 25.1. The number of fused-ring (bicyclic) bond motifs is 1. The lowest BCUT2D eigenvalue weighted by Gasteiger charge is -2.34. The van der Waals surface area contributed by atoms with Gasteiger partial charge < -0.3 is 9.47 Å². The molecule has 2 rings (SSSR count). The minimum atomic E-state index is -1.41. The molecule has 22 heavy (non-hydrogen) atoms. The van der Waals surface area contributed by atoms with Crippen LogP contribution in [-0.4, -0.2) is 37.7 Å². The first-order chi connectivity index (χ1) is 10.1. The molecule has 0 spiro atoms. The summed E-state index contributed by atoms with van der Waals surface area (Å²) < 4.78 is 10.9. The van der Waals surface area contributed by atoms with E-state index in [9.17, 15) is 9.59 Å².